The molecule has 0 radical (unpaired) electrons. The highest BCUT2D eigenvalue weighted by Gasteiger charge is 2.18. The first kappa shape index (κ1) is 29.9. The molecule has 0 fully saturated rings. The third kappa shape index (κ3) is 8.69. The number of benzene rings is 4. The highest BCUT2D eigenvalue weighted by atomic mass is 35.5. The van der Waals surface area contributed by atoms with Gasteiger partial charge >= 0.3 is 0 Å². The summed E-state index contributed by atoms with van der Waals surface area (Å²) in [5, 5.41) is 8.47. The van der Waals surface area contributed by atoms with Gasteiger partial charge in [-0.25, -0.2) is 4.39 Å². The van der Waals surface area contributed by atoms with Gasteiger partial charge < -0.3 is 16.0 Å². The van der Waals surface area contributed by atoms with Crippen molar-refractivity contribution in [3.63, 3.8) is 0 Å². The summed E-state index contributed by atoms with van der Waals surface area (Å²) in [4.78, 5) is 39.6. The Morgan fingerprint density at radius 2 is 1.56 bits per heavy atom. The second-order valence-electron chi connectivity index (χ2n) is 8.78. The molecule has 6 nitrogen and oxygen atoms in total. The molecule has 0 aromatic heterocycles. The van der Waals surface area contributed by atoms with Crippen molar-refractivity contribution in [2.45, 2.75) is 17.1 Å². The van der Waals surface area contributed by atoms with E-state index in [1.165, 1.54) is 48.2 Å². The van der Waals surface area contributed by atoms with Gasteiger partial charge in [0, 0.05) is 31.9 Å². The Hall–Kier alpha value is -4.11. The van der Waals surface area contributed by atoms with E-state index in [1.54, 1.807) is 67.6 Å². The number of rotatable bonds is 9. The predicted molar refractivity (Wildman–Crippen MR) is 164 cm³/mol. The first-order valence-corrected chi connectivity index (χ1v) is 14.0. The molecule has 0 saturated carbocycles. The lowest BCUT2D eigenvalue weighted by Crippen LogP contribution is -2.30. The maximum absolute atomic E-state index is 13.4. The molecule has 1 unspecified atom stereocenters. The van der Waals surface area contributed by atoms with E-state index < -0.39 is 22.9 Å². The molecule has 0 aliphatic carbocycles. The zero-order valence-corrected chi connectivity index (χ0v) is 24.0. The molecule has 0 bridgehead atoms. The minimum absolute atomic E-state index is 0.0341. The normalized spacial score (nSPS) is 11.9. The van der Waals surface area contributed by atoms with Crippen LogP contribution in [0.15, 0.2) is 108 Å². The minimum atomic E-state index is -0.579. The van der Waals surface area contributed by atoms with Gasteiger partial charge in [0.15, 0.2) is 0 Å². The van der Waals surface area contributed by atoms with Gasteiger partial charge in [-0.2, -0.15) is 0 Å². The van der Waals surface area contributed by atoms with E-state index >= 15 is 0 Å². The van der Waals surface area contributed by atoms with Crippen molar-refractivity contribution in [1.29, 1.82) is 0 Å². The first-order chi connectivity index (χ1) is 19.7. The van der Waals surface area contributed by atoms with Crippen LogP contribution in [0.2, 0.25) is 10.0 Å². The van der Waals surface area contributed by atoms with Crippen LogP contribution in [0.3, 0.4) is 0 Å². The molecule has 41 heavy (non-hydrogen) atoms. The highest BCUT2D eigenvalue weighted by Crippen LogP contribution is 2.27. The monoisotopic (exact) mass is 607 g/mol. The number of carbonyl (C=O) groups is 3. The molecule has 0 spiro atoms. The Morgan fingerprint density at radius 1 is 0.829 bits per heavy atom. The number of hydrogen-bond acceptors (Lipinski definition) is 4. The van der Waals surface area contributed by atoms with E-state index in [0.29, 0.717) is 32.5 Å². The Labute approximate surface area is 250 Å². The van der Waals surface area contributed by atoms with Gasteiger partial charge in [-0.3, -0.25) is 14.4 Å². The fourth-order valence-electron chi connectivity index (χ4n) is 3.60. The van der Waals surface area contributed by atoms with Gasteiger partial charge in [0.1, 0.15) is 11.5 Å². The Balaban J connectivity index is 1.50. The molecule has 3 N–H and O–H groups in total. The van der Waals surface area contributed by atoms with E-state index in [1.807, 2.05) is 6.07 Å². The maximum atomic E-state index is 13.4. The largest absolute Gasteiger partial charge is 0.325 e. The van der Waals surface area contributed by atoms with Crippen molar-refractivity contribution in [1.82, 2.24) is 5.32 Å². The van der Waals surface area contributed by atoms with Crippen LogP contribution in [0.4, 0.5) is 15.8 Å². The molecule has 4 rings (SSSR count). The summed E-state index contributed by atoms with van der Waals surface area (Å²) in [5.74, 6) is -1.70. The van der Waals surface area contributed by atoms with Gasteiger partial charge in [-0.1, -0.05) is 53.5 Å². The topological polar surface area (TPSA) is 87.3 Å². The standard InChI is InChI=1S/C31H24Cl2FN3O3S/c1-19(29(38)35-24-14-12-23(34)13-15-24)41-26-9-5-8-25(18-26)36-31(40)28(16-21-10-11-22(32)17-27(21)33)37-30(39)20-6-3-2-4-7-20/h2-19H,1H3,(H,35,38)(H,36,40)(H,37,39)/b28-16+. The lowest BCUT2D eigenvalue weighted by atomic mass is 10.1. The smallest absolute Gasteiger partial charge is 0.272 e. The molecule has 3 amide bonds. The zero-order chi connectivity index (χ0) is 29.4. The number of anilines is 2. The van der Waals surface area contributed by atoms with Crippen LogP contribution in [-0.2, 0) is 9.59 Å². The van der Waals surface area contributed by atoms with Crippen molar-refractivity contribution in [3.8, 4) is 0 Å². The highest BCUT2D eigenvalue weighted by molar-refractivity contribution is 8.00. The minimum Gasteiger partial charge on any atom is -0.325 e. The van der Waals surface area contributed by atoms with Crippen LogP contribution in [0.5, 0.6) is 0 Å². The van der Waals surface area contributed by atoms with Crippen LogP contribution >= 0.6 is 35.0 Å². The Kier molecular flexibility index (Phi) is 10.2. The third-order valence-corrected chi connectivity index (χ3v) is 7.33. The zero-order valence-electron chi connectivity index (χ0n) is 21.7. The summed E-state index contributed by atoms with van der Waals surface area (Å²) in [6.45, 7) is 1.74. The molecule has 0 saturated heterocycles. The van der Waals surface area contributed by atoms with Gasteiger partial charge in [-0.15, -0.1) is 11.8 Å². The van der Waals surface area contributed by atoms with Crippen molar-refractivity contribution in [3.05, 3.63) is 130 Å². The molecular formula is C31H24Cl2FN3O3S. The van der Waals surface area contributed by atoms with Crippen LogP contribution in [0.25, 0.3) is 6.08 Å². The summed E-state index contributed by atoms with van der Waals surface area (Å²) >= 11 is 13.6. The maximum Gasteiger partial charge on any atom is 0.272 e. The summed E-state index contributed by atoms with van der Waals surface area (Å²) in [5.41, 5.74) is 1.77. The van der Waals surface area contributed by atoms with Crippen LogP contribution in [-0.4, -0.2) is 23.0 Å². The Bertz CT molecular complexity index is 1600. The Morgan fingerprint density at radius 3 is 2.27 bits per heavy atom. The third-order valence-electron chi connectivity index (χ3n) is 5.68. The van der Waals surface area contributed by atoms with E-state index in [-0.39, 0.29) is 11.6 Å². The van der Waals surface area contributed by atoms with Crippen LogP contribution in [0, 0.1) is 5.82 Å². The molecule has 0 aliphatic heterocycles. The molecule has 4 aromatic rings. The average molecular weight is 609 g/mol. The van der Waals surface area contributed by atoms with Gasteiger partial charge in [-0.05, 0) is 85.3 Å². The molecule has 0 heterocycles. The van der Waals surface area contributed by atoms with Gasteiger partial charge in [0.05, 0.1) is 5.25 Å². The fraction of sp³-hybridized carbons (Fsp3) is 0.0645. The summed E-state index contributed by atoms with van der Waals surface area (Å²) in [7, 11) is 0. The number of thioether (sulfide) groups is 1. The second kappa shape index (κ2) is 14.0. The molecule has 208 valence electrons. The number of halogens is 3. The number of carbonyl (C=O) groups excluding carboxylic acids is 3. The molecule has 0 aliphatic rings. The quantitative estimate of drug-likeness (QED) is 0.135. The van der Waals surface area contributed by atoms with E-state index in [0.717, 1.165) is 4.90 Å². The lowest BCUT2D eigenvalue weighted by molar-refractivity contribution is -0.115. The SMILES string of the molecule is CC(Sc1cccc(NC(=O)/C(=C\c2ccc(Cl)cc2Cl)NC(=O)c2ccccc2)c1)C(=O)Nc1ccc(F)cc1. The first-order valence-electron chi connectivity index (χ1n) is 12.4. The molecule has 4 aromatic carbocycles. The van der Waals surface area contributed by atoms with Crippen molar-refractivity contribution < 1.29 is 18.8 Å². The summed E-state index contributed by atoms with van der Waals surface area (Å²) < 4.78 is 13.1. The number of hydrogen-bond donors (Lipinski definition) is 3. The van der Waals surface area contributed by atoms with E-state index in [4.69, 9.17) is 23.2 Å². The fourth-order valence-corrected chi connectivity index (χ4v) is 4.99. The van der Waals surface area contributed by atoms with Crippen LogP contribution < -0.4 is 16.0 Å². The average Bonchev–Trinajstić information content (AvgIpc) is 2.95. The number of nitrogens with one attached hydrogen (secondary N) is 3. The lowest BCUT2D eigenvalue weighted by Gasteiger charge is -2.14. The molecule has 1 atom stereocenters. The molecular weight excluding hydrogens is 584 g/mol. The van der Waals surface area contributed by atoms with Crippen molar-refractivity contribution >= 4 is 70.1 Å². The van der Waals surface area contributed by atoms with Crippen molar-refractivity contribution in [2.75, 3.05) is 10.6 Å². The summed E-state index contributed by atoms with van der Waals surface area (Å²) in [6.07, 6.45) is 1.47. The predicted octanol–water partition coefficient (Wildman–Crippen LogP) is 7.66. The van der Waals surface area contributed by atoms with E-state index in [2.05, 4.69) is 16.0 Å². The molecule has 10 heteroatoms. The van der Waals surface area contributed by atoms with Crippen LogP contribution in [0.1, 0.15) is 22.8 Å². The van der Waals surface area contributed by atoms with Gasteiger partial charge in [0.2, 0.25) is 5.91 Å². The van der Waals surface area contributed by atoms with E-state index in [9.17, 15) is 18.8 Å². The van der Waals surface area contributed by atoms with Crippen molar-refractivity contribution in [2.24, 2.45) is 0 Å². The number of amides is 3. The second-order valence-corrected chi connectivity index (χ2v) is 11.0. The van der Waals surface area contributed by atoms with Gasteiger partial charge in [0.25, 0.3) is 11.8 Å². The summed E-state index contributed by atoms with van der Waals surface area (Å²) in [6, 6.07) is 25.8.